The number of carbonyl (C=O) groups is 1. The number of aliphatic carboxylic acids is 1. The van der Waals surface area contributed by atoms with Crippen LogP contribution in [0.1, 0.15) is 0 Å². The molecule has 5 atom stereocenters. The highest BCUT2D eigenvalue weighted by Crippen LogP contribution is 2.43. The van der Waals surface area contributed by atoms with Crippen LogP contribution in [0.3, 0.4) is 0 Å². The summed E-state index contributed by atoms with van der Waals surface area (Å²) in [6, 6.07) is 10.8. The topological polar surface area (TPSA) is 187 Å². The second-order valence-corrected chi connectivity index (χ2v) is 7.14. The zero-order chi connectivity index (χ0) is 23.2. The van der Waals surface area contributed by atoms with Crippen molar-refractivity contribution in [1.29, 1.82) is 0 Å². The van der Waals surface area contributed by atoms with Gasteiger partial charge in [0.15, 0.2) is 23.0 Å². The van der Waals surface area contributed by atoms with Crippen molar-refractivity contribution in [3.05, 3.63) is 52.7 Å². The van der Waals surface area contributed by atoms with Gasteiger partial charge in [-0.25, -0.2) is 4.79 Å². The quantitative estimate of drug-likeness (QED) is 0.320. The third kappa shape index (κ3) is 3.63. The summed E-state index contributed by atoms with van der Waals surface area (Å²) in [5, 5.41) is 59.4. The van der Waals surface area contributed by atoms with Gasteiger partial charge in [-0.3, -0.25) is 4.79 Å². The lowest BCUT2D eigenvalue weighted by Gasteiger charge is -2.38. The first kappa shape index (κ1) is 21.6. The fourth-order valence-corrected chi connectivity index (χ4v) is 3.40. The summed E-state index contributed by atoms with van der Waals surface area (Å²) in [6.45, 7) is 0. The van der Waals surface area contributed by atoms with Crippen LogP contribution in [0.25, 0.3) is 22.3 Å². The Morgan fingerprint density at radius 2 is 1.66 bits per heavy atom. The van der Waals surface area contributed by atoms with E-state index >= 15 is 0 Å². The van der Waals surface area contributed by atoms with Gasteiger partial charge in [0.2, 0.25) is 12.0 Å². The van der Waals surface area contributed by atoms with Gasteiger partial charge in [0.1, 0.15) is 35.0 Å². The first-order valence-electron chi connectivity index (χ1n) is 9.36. The lowest BCUT2D eigenvalue weighted by atomic mass is 9.99. The molecule has 0 bridgehead atoms. The minimum absolute atomic E-state index is 0.164. The molecular weight excluding hydrogens is 428 g/mol. The third-order valence-electron chi connectivity index (χ3n) is 5.03. The third-order valence-corrected chi connectivity index (χ3v) is 5.03. The molecule has 1 aliphatic heterocycles. The van der Waals surface area contributed by atoms with Crippen LogP contribution in [0, 0.1) is 0 Å². The summed E-state index contributed by atoms with van der Waals surface area (Å²) >= 11 is 0. The number of phenolic OH excluding ortho intramolecular Hbond substituents is 2. The van der Waals surface area contributed by atoms with E-state index < -0.39 is 59.4 Å². The van der Waals surface area contributed by atoms with Crippen LogP contribution >= 0.6 is 0 Å². The number of carboxylic acid groups (broad SMARTS) is 1. The number of hydrogen-bond acceptors (Lipinski definition) is 10. The Balaban J connectivity index is 1.75. The lowest BCUT2D eigenvalue weighted by Crippen LogP contribution is -2.61. The molecule has 0 radical (unpaired) electrons. The highest BCUT2D eigenvalue weighted by Gasteiger charge is 2.48. The van der Waals surface area contributed by atoms with Crippen LogP contribution in [0.15, 0.2) is 51.7 Å². The lowest BCUT2D eigenvalue weighted by molar-refractivity contribution is -0.271. The van der Waals surface area contributed by atoms with Gasteiger partial charge in [0, 0.05) is 17.7 Å². The van der Waals surface area contributed by atoms with Crippen molar-refractivity contribution in [2.24, 2.45) is 0 Å². The van der Waals surface area contributed by atoms with Crippen molar-refractivity contribution >= 4 is 16.9 Å². The van der Waals surface area contributed by atoms with Gasteiger partial charge in [-0.15, -0.1) is 0 Å². The highest BCUT2D eigenvalue weighted by molar-refractivity contribution is 5.89. The molecule has 2 aromatic carbocycles. The zero-order valence-corrected chi connectivity index (χ0v) is 16.2. The number of benzene rings is 2. The van der Waals surface area contributed by atoms with E-state index in [-0.39, 0.29) is 16.7 Å². The average Bonchev–Trinajstić information content (AvgIpc) is 2.76. The molecule has 0 spiro atoms. The monoisotopic (exact) mass is 446 g/mol. The fourth-order valence-electron chi connectivity index (χ4n) is 3.40. The van der Waals surface area contributed by atoms with Crippen molar-refractivity contribution < 1.29 is 49.3 Å². The van der Waals surface area contributed by atoms with Crippen LogP contribution in [0.2, 0.25) is 0 Å². The summed E-state index contributed by atoms with van der Waals surface area (Å²) in [5.74, 6) is -3.74. The Kier molecular flexibility index (Phi) is 5.48. The molecule has 168 valence electrons. The second-order valence-electron chi connectivity index (χ2n) is 7.14. The molecule has 11 nitrogen and oxygen atoms in total. The van der Waals surface area contributed by atoms with E-state index in [2.05, 4.69) is 0 Å². The predicted molar refractivity (Wildman–Crippen MR) is 106 cm³/mol. The number of aliphatic hydroxyl groups is 3. The molecule has 2 heterocycles. The van der Waals surface area contributed by atoms with E-state index in [4.69, 9.17) is 19.0 Å². The van der Waals surface area contributed by atoms with Gasteiger partial charge in [0.25, 0.3) is 0 Å². The van der Waals surface area contributed by atoms with Crippen molar-refractivity contribution in [3.8, 4) is 28.6 Å². The van der Waals surface area contributed by atoms with Gasteiger partial charge >= 0.3 is 5.97 Å². The number of rotatable bonds is 4. The van der Waals surface area contributed by atoms with E-state index in [1.54, 1.807) is 30.3 Å². The molecular formula is C21H18O11. The maximum absolute atomic E-state index is 12.7. The van der Waals surface area contributed by atoms with E-state index in [1.807, 2.05) is 0 Å². The Bertz CT molecular complexity index is 1220. The van der Waals surface area contributed by atoms with Gasteiger partial charge in [-0.1, -0.05) is 30.3 Å². The van der Waals surface area contributed by atoms with E-state index in [1.165, 1.54) is 0 Å². The standard InChI is InChI=1S/C21H18O11/c22-9-6-11(8-4-2-1-3-5-8)30-12-7-10(23)18(14(24)13(9)12)31-21-17(27)15(25)16(26)19(32-21)20(28)29/h1-7,15-17,19,21,23-27H,(H,28,29)/t15-,16+,17-,19+,21-/m1/s1. The fraction of sp³-hybridized carbons (Fsp3) is 0.238. The predicted octanol–water partition coefficient (Wildman–Crippen LogP) is 0.142. The Labute approximate surface area is 178 Å². The Morgan fingerprint density at radius 3 is 2.31 bits per heavy atom. The maximum atomic E-state index is 12.7. The minimum Gasteiger partial charge on any atom is -0.504 e. The van der Waals surface area contributed by atoms with Crippen molar-refractivity contribution in [2.75, 3.05) is 0 Å². The largest absolute Gasteiger partial charge is 0.504 e. The molecule has 0 amide bonds. The average molecular weight is 446 g/mol. The molecule has 4 rings (SSSR count). The smallest absolute Gasteiger partial charge is 0.335 e. The number of carboxylic acids is 1. The molecule has 11 heteroatoms. The molecule has 32 heavy (non-hydrogen) atoms. The summed E-state index contributed by atoms with van der Waals surface area (Å²) in [7, 11) is 0. The van der Waals surface area contributed by atoms with Crippen LogP contribution in [-0.4, -0.2) is 67.3 Å². The molecule has 0 saturated carbocycles. The van der Waals surface area contributed by atoms with Gasteiger partial charge in [-0.2, -0.15) is 0 Å². The van der Waals surface area contributed by atoms with Gasteiger partial charge in [-0.05, 0) is 0 Å². The van der Waals surface area contributed by atoms with Crippen LogP contribution in [0.5, 0.6) is 17.2 Å². The Morgan fingerprint density at radius 1 is 0.969 bits per heavy atom. The summed E-state index contributed by atoms with van der Waals surface area (Å²) < 4.78 is 15.8. The number of phenols is 2. The maximum Gasteiger partial charge on any atom is 0.335 e. The number of hydrogen-bond donors (Lipinski definition) is 6. The van der Waals surface area contributed by atoms with E-state index in [9.17, 15) is 35.1 Å². The molecule has 0 unspecified atom stereocenters. The van der Waals surface area contributed by atoms with Crippen molar-refractivity contribution in [3.63, 3.8) is 0 Å². The molecule has 1 aromatic heterocycles. The SMILES string of the molecule is O=C(O)[C@H]1O[C@@H](Oc2c(O)cc3oc(-c4ccccc4)cc(=O)c3c2O)[C@H](O)[C@H](O)[C@@H]1O. The summed E-state index contributed by atoms with van der Waals surface area (Å²) in [5.41, 5.74) is -0.254. The van der Waals surface area contributed by atoms with Gasteiger partial charge in [0.05, 0.1) is 0 Å². The molecule has 6 N–H and O–H groups in total. The minimum atomic E-state index is -1.96. The highest BCUT2D eigenvalue weighted by atomic mass is 16.7. The van der Waals surface area contributed by atoms with Crippen LogP contribution in [-0.2, 0) is 9.53 Å². The number of aromatic hydroxyl groups is 2. The molecule has 1 saturated heterocycles. The number of aliphatic hydroxyl groups excluding tert-OH is 3. The zero-order valence-electron chi connectivity index (χ0n) is 16.2. The van der Waals surface area contributed by atoms with E-state index in [0.717, 1.165) is 12.1 Å². The van der Waals surface area contributed by atoms with E-state index in [0.29, 0.717) is 5.56 Å². The van der Waals surface area contributed by atoms with Gasteiger partial charge < -0.3 is 44.5 Å². The molecule has 1 aliphatic rings. The number of fused-ring (bicyclic) bond motifs is 1. The molecule has 0 aliphatic carbocycles. The Hall–Kier alpha value is -3.64. The first-order chi connectivity index (χ1) is 15.2. The van der Waals surface area contributed by atoms with Crippen LogP contribution in [0.4, 0.5) is 0 Å². The molecule has 3 aromatic rings. The van der Waals surface area contributed by atoms with Crippen molar-refractivity contribution in [1.82, 2.24) is 0 Å². The first-order valence-corrected chi connectivity index (χ1v) is 9.36. The van der Waals surface area contributed by atoms with Crippen molar-refractivity contribution in [2.45, 2.75) is 30.7 Å². The second kappa shape index (κ2) is 8.13. The summed E-state index contributed by atoms with van der Waals surface area (Å²) in [4.78, 5) is 23.9. The summed E-state index contributed by atoms with van der Waals surface area (Å²) in [6.07, 6.45) is -9.71. The number of ether oxygens (including phenoxy) is 2. The van der Waals surface area contributed by atoms with Crippen LogP contribution < -0.4 is 10.2 Å². The molecule has 1 fully saturated rings. The normalized spacial score (nSPS) is 25.5.